The summed E-state index contributed by atoms with van der Waals surface area (Å²) in [6.07, 6.45) is -1.22. The van der Waals surface area contributed by atoms with E-state index in [2.05, 4.69) is 0 Å². The normalized spacial score (nSPS) is 23.9. The molecule has 0 aromatic heterocycles. The van der Waals surface area contributed by atoms with Crippen molar-refractivity contribution in [1.29, 1.82) is 0 Å². The molecule has 1 saturated heterocycles. The van der Waals surface area contributed by atoms with Gasteiger partial charge in [-0.15, -0.1) is 0 Å². The van der Waals surface area contributed by atoms with E-state index in [4.69, 9.17) is 5.11 Å². The Bertz CT molecular complexity index is 645. The third kappa shape index (κ3) is 2.54. The number of nitrogens with zero attached hydrogens (tertiary/aromatic N) is 1. The van der Waals surface area contributed by atoms with Gasteiger partial charge in [0.25, 0.3) is 0 Å². The molecule has 0 bridgehead atoms. The molecule has 1 aromatic carbocycles. The van der Waals surface area contributed by atoms with Crippen LogP contribution in [0.4, 0.5) is 4.39 Å². The van der Waals surface area contributed by atoms with Crippen LogP contribution >= 0.6 is 0 Å². The zero-order chi connectivity index (χ0) is 15.1. The van der Waals surface area contributed by atoms with Crippen molar-refractivity contribution in [2.24, 2.45) is 0 Å². The maximum atomic E-state index is 13.5. The van der Waals surface area contributed by atoms with Crippen molar-refractivity contribution in [2.75, 3.05) is 6.54 Å². The number of rotatable bonds is 3. The second-order valence-electron chi connectivity index (χ2n) is 4.73. The Balaban J connectivity index is 2.43. The average molecular weight is 303 g/mol. The predicted octanol–water partition coefficient (Wildman–Crippen LogP) is 0.343. The van der Waals surface area contributed by atoms with Crippen LogP contribution in [0.5, 0.6) is 0 Å². The lowest BCUT2D eigenvalue weighted by molar-refractivity contribution is -0.140. The van der Waals surface area contributed by atoms with Gasteiger partial charge in [-0.2, -0.15) is 4.31 Å². The van der Waals surface area contributed by atoms with E-state index in [0.717, 1.165) is 6.07 Å². The molecule has 1 aromatic rings. The molecule has 1 aliphatic heterocycles. The lowest BCUT2D eigenvalue weighted by Gasteiger charge is -2.20. The quantitative estimate of drug-likeness (QED) is 0.840. The van der Waals surface area contributed by atoms with Crippen LogP contribution in [0.1, 0.15) is 12.0 Å². The molecule has 2 atom stereocenters. The Hall–Kier alpha value is -1.51. The molecule has 1 aliphatic rings. The fourth-order valence-electron chi connectivity index (χ4n) is 2.14. The summed E-state index contributed by atoms with van der Waals surface area (Å²) in [5.74, 6) is -2.02. The summed E-state index contributed by atoms with van der Waals surface area (Å²) in [6.45, 7) is 1.18. The monoisotopic (exact) mass is 303 g/mol. The molecule has 8 heteroatoms. The summed E-state index contributed by atoms with van der Waals surface area (Å²) in [6, 6.07) is 2.05. The van der Waals surface area contributed by atoms with Gasteiger partial charge >= 0.3 is 5.97 Å². The number of benzene rings is 1. The highest BCUT2D eigenvalue weighted by molar-refractivity contribution is 7.89. The number of carbonyl (C=O) groups is 1. The summed E-state index contributed by atoms with van der Waals surface area (Å²) in [7, 11) is -4.15. The molecule has 2 N–H and O–H groups in total. The largest absolute Gasteiger partial charge is 0.480 e. The Morgan fingerprint density at radius 2 is 2.10 bits per heavy atom. The minimum Gasteiger partial charge on any atom is -0.480 e. The SMILES string of the molecule is Cc1ccc(S(=O)(=O)N2CC(O)C[C@H]2C(=O)O)cc1F. The van der Waals surface area contributed by atoms with Gasteiger partial charge in [-0.1, -0.05) is 6.07 Å². The van der Waals surface area contributed by atoms with Gasteiger partial charge in [-0.25, -0.2) is 12.8 Å². The summed E-state index contributed by atoms with van der Waals surface area (Å²) in [5.41, 5.74) is 0.292. The smallest absolute Gasteiger partial charge is 0.322 e. The number of halogens is 1. The molecule has 0 amide bonds. The highest BCUT2D eigenvalue weighted by Gasteiger charge is 2.43. The van der Waals surface area contributed by atoms with Gasteiger partial charge in [-0.05, 0) is 24.6 Å². The Kier molecular flexibility index (Phi) is 3.81. The molecule has 1 unspecified atom stereocenters. The fourth-order valence-corrected chi connectivity index (χ4v) is 3.79. The van der Waals surface area contributed by atoms with E-state index in [-0.39, 0.29) is 17.9 Å². The molecular formula is C12H14FNO5S. The minimum atomic E-state index is -4.15. The van der Waals surface area contributed by atoms with Gasteiger partial charge < -0.3 is 10.2 Å². The predicted molar refractivity (Wildman–Crippen MR) is 67.1 cm³/mol. The Morgan fingerprint density at radius 1 is 1.45 bits per heavy atom. The molecule has 0 spiro atoms. The highest BCUT2D eigenvalue weighted by Crippen LogP contribution is 2.27. The lowest BCUT2D eigenvalue weighted by atomic mass is 10.2. The number of aryl methyl sites for hydroxylation is 1. The van der Waals surface area contributed by atoms with Crippen LogP contribution in [0.15, 0.2) is 23.1 Å². The van der Waals surface area contributed by atoms with E-state index in [9.17, 15) is 22.7 Å². The molecule has 0 aliphatic carbocycles. The topological polar surface area (TPSA) is 94.9 Å². The van der Waals surface area contributed by atoms with Gasteiger partial charge in [0.15, 0.2) is 0 Å². The van der Waals surface area contributed by atoms with Crippen molar-refractivity contribution in [3.05, 3.63) is 29.6 Å². The fraction of sp³-hybridized carbons (Fsp3) is 0.417. The summed E-state index contributed by atoms with van der Waals surface area (Å²) in [5, 5.41) is 18.5. The van der Waals surface area contributed by atoms with E-state index >= 15 is 0 Å². The van der Waals surface area contributed by atoms with Crippen LogP contribution in [0.2, 0.25) is 0 Å². The number of aliphatic hydroxyl groups excluding tert-OH is 1. The van der Waals surface area contributed by atoms with E-state index in [1.54, 1.807) is 0 Å². The van der Waals surface area contributed by atoms with Gasteiger partial charge in [0.1, 0.15) is 11.9 Å². The van der Waals surface area contributed by atoms with Gasteiger partial charge in [0.05, 0.1) is 11.0 Å². The maximum absolute atomic E-state index is 13.5. The summed E-state index contributed by atoms with van der Waals surface area (Å²) < 4.78 is 38.9. The van der Waals surface area contributed by atoms with Gasteiger partial charge in [0.2, 0.25) is 10.0 Å². The van der Waals surface area contributed by atoms with Gasteiger partial charge in [0, 0.05) is 13.0 Å². The van der Waals surface area contributed by atoms with Crippen LogP contribution in [0, 0.1) is 12.7 Å². The standard InChI is InChI=1S/C12H14FNO5S/c1-7-2-3-9(5-10(7)13)20(18,19)14-6-8(15)4-11(14)12(16)17/h2-3,5,8,11,15H,4,6H2,1H3,(H,16,17)/t8?,11-/m0/s1. The second kappa shape index (κ2) is 5.12. The minimum absolute atomic E-state index is 0.178. The number of β-amino-alcohol motifs (C(OH)–C–C–N with tert-alkyl or cyclic N) is 1. The summed E-state index contributed by atoms with van der Waals surface area (Å²) in [4.78, 5) is 10.7. The number of carboxylic acids is 1. The molecule has 6 nitrogen and oxygen atoms in total. The molecular weight excluding hydrogens is 289 g/mol. The highest BCUT2D eigenvalue weighted by atomic mass is 32.2. The number of aliphatic carboxylic acids is 1. The van der Waals surface area contributed by atoms with E-state index < -0.39 is 34.0 Å². The van der Waals surface area contributed by atoms with Crippen molar-refractivity contribution in [1.82, 2.24) is 4.31 Å². The van der Waals surface area contributed by atoms with Crippen LogP contribution in [0.25, 0.3) is 0 Å². The zero-order valence-corrected chi connectivity index (χ0v) is 11.5. The van der Waals surface area contributed by atoms with E-state index in [1.165, 1.54) is 19.1 Å². The number of hydrogen-bond acceptors (Lipinski definition) is 4. The molecule has 0 radical (unpaired) electrons. The van der Waals surface area contributed by atoms with Crippen LogP contribution < -0.4 is 0 Å². The number of hydrogen-bond donors (Lipinski definition) is 2. The molecule has 0 saturated carbocycles. The van der Waals surface area contributed by atoms with Crippen LogP contribution in [0.3, 0.4) is 0 Å². The van der Waals surface area contributed by atoms with Crippen LogP contribution in [-0.2, 0) is 14.8 Å². The molecule has 110 valence electrons. The number of carboxylic acid groups (broad SMARTS) is 1. The first-order valence-electron chi connectivity index (χ1n) is 5.92. The lowest BCUT2D eigenvalue weighted by Crippen LogP contribution is -2.40. The van der Waals surface area contributed by atoms with Gasteiger partial charge in [-0.3, -0.25) is 4.79 Å². The van der Waals surface area contributed by atoms with Crippen molar-refractivity contribution < 1.29 is 27.8 Å². The first-order valence-corrected chi connectivity index (χ1v) is 7.36. The zero-order valence-electron chi connectivity index (χ0n) is 10.7. The second-order valence-corrected chi connectivity index (χ2v) is 6.62. The molecule has 20 heavy (non-hydrogen) atoms. The Morgan fingerprint density at radius 3 is 2.65 bits per heavy atom. The van der Waals surface area contributed by atoms with Crippen LogP contribution in [-0.4, -0.2) is 47.6 Å². The number of sulfonamides is 1. The molecule has 1 fully saturated rings. The average Bonchev–Trinajstić information content (AvgIpc) is 2.75. The number of aliphatic hydroxyl groups is 1. The first-order chi connectivity index (χ1) is 9.23. The third-order valence-electron chi connectivity index (χ3n) is 3.27. The molecule has 1 heterocycles. The van der Waals surface area contributed by atoms with E-state index in [0.29, 0.717) is 9.87 Å². The molecule has 2 rings (SSSR count). The Labute approximate surface area is 115 Å². The van der Waals surface area contributed by atoms with Crippen molar-refractivity contribution in [3.8, 4) is 0 Å². The third-order valence-corrected chi connectivity index (χ3v) is 5.14. The van der Waals surface area contributed by atoms with E-state index in [1.807, 2.05) is 0 Å². The first kappa shape index (κ1) is 14.9. The summed E-state index contributed by atoms with van der Waals surface area (Å²) >= 11 is 0. The van der Waals surface area contributed by atoms with Crippen molar-refractivity contribution in [3.63, 3.8) is 0 Å². The maximum Gasteiger partial charge on any atom is 0.322 e. The van der Waals surface area contributed by atoms with Crippen molar-refractivity contribution in [2.45, 2.75) is 30.4 Å². The van der Waals surface area contributed by atoms with Crippen molar-refractivity contribution >= 4 is 16.0 Å².